The summed E-state index contributed by atoms with van der Waals surface area (Å²) in [7, 11) is -3.68. The SMILES string of the molecule is CCC(c1ccccc1)S(=O)(=O)c1cccc[n+]1[O-]. The van der Waals surface area contributed by atoms with Crippen molar-refractivity contribution in [3.05, 3.63) is 65.5 Å². The third kappa shape index (κ3) is 2.61. The fourth-order valence-electron chi connectivity index (χ4n) is 2.08. The summed E-state index contributed by atoms with van der Waals surface area (Å²) in [6, 6.07) is 13.4. The van der Waals surface area contributed by atoms with Gasteiger partial charge in [0.15, 0.2) is 6.20 Å². The Morgan fingerprint density at radius 3 is 2.32 bits per heavy atom. The molecule has 2 aromatic rings. The van der Waals surface area contributed by atoms with E-state index in [0.29, 0.717) is 16.7 Å². The van der Waals surface area contributed by atoms with E-state index >= 15 is 0 Å². The minimum atomic E-state index is -3.68. The van der Waals surface area contributed by atoms with Crippen molar-refractivity contribution in [1.82, 2.24) is 0 Å². The van der Waals surface area contributed by atoms with Crippen LogP contribution in [0, 0.1) is 5.21 Å². The van der Waals surface area contributed by atoms with Crippen molar-refractivity contribution in [3.8, 4) is 0 Å². The molecule has 100 valence electrons. The number of aromatic nitrogens is 1. The number of pyridine rings is 1. The van der Waals surface area contributed by atoms with Crippen LogP contribution in [0.1, 0.15) is 24.2 Å². The van der Waals surface area contributed by atoms with Crippen molar-refractivity contribution in [2.45, 2.75) is 23.6 Å². The maximum Gasteiger partial charge on any atom is 0.309 e. The van der Waals surface area contributed by atoms with Gasteiger partial charge in [0.2, 0.25) is 9.84 Å². The number of benzene rings is 1. The number of hydrogen-bond donors (Lipinski definition) is 0. The summed E-state index contributed by atoms with van der Waals surface area (Å²) in [5.41, 5.74) is 0.703. The van der Waals surface area contributed by atoms with Crippen LogP contribution in [0.3, 0.4) is 0 Å². The van der Waals surface area contributed by atoms with Gasteiger partial charge in [-0.2, -0.15) is 4.73 Å². The minimum absolute atomic E-state index is 0.203. The van der Waals surface area contributed by atoms with Gasteiger partial charge < -0.3 is 5.21 Å². The molecule has 1 atom stereocenters. The second-order valence-electron chi connectivity index (χ2n) is 4.22. The first-order chi connectivity index (χ1) is 9.07. The average molecular weight is 277 g/mol. The summed E-state index contributed by atoms with van der Waals surface area (Å²) < 4.78 is 25.5. The molecule has 0 amide bonds. The first-order valence-electron chi connectivity index (χ1n) is 6.04. The van der Waals surface area contributed by atoms with E-state index in [-0.39, 0.29) is 5.03 Å². The lowest BCUT2D eigenvalue weighted by Crippen LogP contribution is -2.34. The Morgan fingerprint density at radius 1 is 1.11 bits per heavy atom. The van der Waals surface area contributed by atoms with Crippen LogP contribution in [0.15, 0.2) is 59.8 Å². The summed E-state index contributed by atoms with van der Waals surface area (Å²) in [6.45, 7) is 1.80. The van der Waals surface area contributed by atoms with Crippen LogP contribution in [-0.2, 0) is 9.84 Å². The van der Waals surface area contributed by atoms with Crippen LogP contribution >= 0.6 is 0 Å². The smallest absolute Gasteiger partial charge is 0.309 e. The molecule has 0 radical (unpaired) electrons. The number of hydrogen-bond acceptors (Lipinski definition) is 3. The highest BCUT2D eigenvalue weighted by Crippen LogP contribution is 2.29. The molecule has 5 heteroatoms. The highest BCUT2D eigenvalue weighted by atomic mass is 32.2. The standard InChI is InChI=1S/C14H15NO3S/c1-2-13(12-8-4-3-5-9-12)19(17,18)14-10-6-7-11-15(14)16/h3-11,13H,2H2,1H3. The van der Waals surface area contributed by atoms with Crippen LogP contribution in [0.25, 0.3) is 0 Å². The largest absolute Gasteiger partial charge is 0.618 e. The van der Waals surface area contributed by atoms with Gasteiger partial charge in [-0.15, -0.1) is 0 Å². The first kappa shape index (κ1) is 13.5. The second kappa shape index (κ2) is 5.40. The zero-order chi connectivity index (χ0) is 13.9. The second-order valence-corrected chi connectivity index (χ2v) is 6.29. The molecule has 1 heterocycles. The Hall–Kier alpha value is -1.88. The van der Waals surface area contributed by atoms with E-state index in [4.69, 9.17) is 0 Å². The highest BCUT2D eigenvalue weighted by Gasteiger charge is 2.33. The van der Waals surface area contributed by atoms with Crippen LogP contribution in [0.2, 0.25) is 0 Å². The third-order valence-electron chi connectivity index (χ3n) is 3.00. The van der Waals surface area contributed by atoms with Gasteiger partial charge in [0, 0.05) is 12.1 Å². The van der Waals surface area contributed by atoms with Crippen molar-refractivity contribution in [2.24, 2.45) is 0 Å². The quantitative estimate of drug-likeness (QED) is 0.636. The fourth-order valence-corrected chi connectivity index (χ4v) is 3.91. The molecule has 0 aliphatic carbocycles. The van der Waals surface area contributed by atoms with Crippen LogP contribution in [0.4, 0.5) is 0 Å². The van der Waals surface area contributed by atoms with E-state index in [1.807, 2.05) is 6.07 Å². The van der Waals surface area contributed by atoms with Gasteiger partial charge in [-0.25, -0.2) is 8.42 Å². The maximum absolute atomic E-state index is 12.6. The van der Waals surface area contributed by atoms with Gasteiger partial charge in [-0.3, -0.25) is 0 Å². The molecule has 0 saturated heterocycles. The molecule has 2 rings (SSSR count). The summed E-state index contributed by atoms with van der Waals surface area (Å²) >= 11 is 0. The number of sulfone groups is 1. The average Bonchev–Trinajstić information content (AvgIpc) is 2.40. The van der Waals surface area contributed by atoms with Gasteiger partial charge in [0.1, 0.15) is 0 Å². The molecule has 0 aliphatic heterocycles. The molecule has 0 fully saturated rings. The highest BCUT2D eigenvalue weighted by molar-refractivity contribution is 7.91. The minimum Gasteiger partial charge on any atom is -0.618 e. The molecule has 0 bridgehead atoms. The predicted octanol–water partition coefficient (Wildman–Crippen LogP) is 2.25. The van der Waals surface area contributed by atoms with Crippen LogP contribution in [-0.4, -0.2) is 8.42 Å². The van der Waals surface area contributed by atoms with E-state index in [1.54, 1.807) is 37.3 Å². The molecule has 0 aliphatic rings. The first-order valence-corrected chi connectivity index (χ1v) is 7.59. The zero-order valence-electron chi connectivity index (χ0n) is 10.6. The Kier molecular flexibility index (Phi) is 3.85. The Balaban J connectivity index is 2.52. The van der Waals surface area contributed by atoms with E-state index in [9.17, 15) is 13.6 Å². The molecule has 4 nitrogen and oxygen atoms in total. The molecular formula is C14H15NO3S. The Labute approximate surface area is 112 Å². The van der Waals surface area contributed by atoms with Crippen molar-refractivity contribution in [1.29, 1.82) is 0 Å². The molecule has 0 spiro atoms. The zero-order valence-corrected chi connectivity index (χ0v) is 11.4. The third-order valence-corrected chi connectivity index (χ3v) is 5.25. The summed E-state index contributed by atoms with van der Waals surface area (Å²) in [5.74, 6) is 0. The lowest BCUT2D eigenvalue weighted by Gasteiger charge is -2.15. The molecule has 19 heavy (non-hydrogen) atoms. The molecule has 1 aromatic heterocycles. The number of nitrogens with zero attached hydrogens (tertiary/aromatic N) is 1. The van der Waals surface area contributed by atoms with E-state index in [2.05, 4.69) is 0 Å². The maximum atomic E-state index is 12.6. The lowest BCUT2D eigenvalue weighted by molar-refractivity contribution is -0.646. The van der Waals surface area contributed by atoms with Crippen molar-refractivity contribution < 1.29 is 13.1 Å². The topological polar surface area (TPSA) is 61.1 Å². The molecule has 0 N–H and O–H groups in total. The lowest BCUT2D eigenvalue weighted by atomic mass is 10.1. The summed E-state index contributed by atoms with van der Waals surface area (Å²) in [5, 5.41) is 10.8. The number of rotatable bonds is 4. The normalized spacial score (nSPS) is 13.1. The van der Waals surface area contributed by atoms with Crippen molar-refractivity contribution in [2.75, 3.05) is 0 Å². The van der Waals surface area contributed by atoms with Gasteiger partial charge in [-0.1, -0.05) is 37.3 Å². The Bertz CT molecular complexity index is 653. The van der Waals surface area contributed by atoms with E-state index in [0.717, 1.165) is 0 Å². The van der Waals surface area contributed by atoms with Crippen molar-refractivity contribution in [3.63, 3.8) is 0 Å². The fraction of sp³-hybridized carbons (Fsp3) is 0.214. The predicted molar refractivity (Wildman–Crippen MR) is 72.1 cm³/mol. The van der Waals surface area contributed by atoms with E-state index < -0.39 is 15.1 Å². The molecular weight excluding hydrogens is 262 g/mol. The monoisotopic (exact) mass is 277 g/mol. The molecule has 1 aromatic carbocycles. The van der Waals surface area contributed by atoms with Crippen LogP contribution in [0.5, 0.6) is 0 Å². The van der Waals surface area contributed by atoms with Crippen LogP contribution < -0.4 is 4.73 Å². The Morgan fingerprint density at radius 2 is 1.74 bits per heavy atom. The van der Waals surface area contributed by atoms with Crippen molar-refractivity contribution >= 4 is 9.84 Å². The summed E-state index contributed by atoms with van der Waals surface area (Å²) in [4.78, 5) is 0. The van der Waals surface area contributed by atoms with Gasteiger partial charge in [-0.05, 0) is 18.1 Å². The summed E-state index contributed by atoms with van der Waals surface area (Å²) in [6.07, 6.45) is 1.62. The van der Waals surface area contributed by atoms with Gasteiger partial charge in [0.25, 0.3) is 0 Å². The molecule has 1 unspecified atom stereocenters. The van der Waals surface area contributed by atoms with Gasteiger partial charge >= 0.3 is 5.03 Å². The van der Waals surface area contributed by atoms with Gasteiger partial charge in [0.05, 0.1) is 5.25 Å². The van der Waals surface area contributed by atoms with E-state index in [1.165, 1.54) is 18.3 Å². The molecule has 0 saturated carbocycles.